The van der Waals surface area contributed by atoms with Crippen LogP contribution in [0.5, 0.6) is 0 Å². The van der Waals surface area contributed by atoms with E-state index in [1.54, 1.807) is 0 Å². The highest BCUT2D eigenvalue weighted by Crippen LogP contribution is 2.39. The molecule has 0 unspecified atom stereocenters. The van der Waals surface area contributed by atoms with Crippen molar-refractivity contribution in [3.05, 3.63) is 47.1 Å². The molecule has 106 valence electrons. The number of aromatic nitrogens is 2. The average molecular weight is 296 g/mol. The molecular weight excluding hydrogens is 280 g/mol. The largest absolute Gasteiger partial charge is 0.293 e. The Kier molecular flexibility index (Phi) is 2.60. The SMILES string of the molecule is CC1(C)CC(=O)c2sc3nc(-c4ccccc4)cn3c2C1. The van der Waals surface area contributed by atoms with Crippen molar-refractivity contribution in [3.63, 3.8) is 0 Å². The van der Waals surface area contributed by atoms with E-state index in [1.807, 2.05) is 18.2 Å². The summed E-state index contributed by atoms with van der Waals surface area (Å²) >= 11 is 1.53. The first-order chi connectivity index (χ1) is 10.0. The highest BCUT2D eigenvalue weighted by atomic mass is 32.1. The number of imidazole rings is 1. The van der Waals surface area contributed by atoms with E-state index in [2.05, 4.69) is 36.6 Å². The number of nitrogens with zero attached hydrogens (tertiary/aromatic N) is 2. The maximum Gasteiger partial charge on any atom is 0.195 e. The van der Waals surface area contributed by atoms with Crippen LogP contribution in [0.4, 0.5) is 0 Å². The van der Waals surface area contributed by atoms with Gasteiger partial charge in [-0.2, -0.15) is 0 Å². The van der Waals surface area contributed by atoms with Gasteiger partial charge in [0.15, 0.2) is 10.7 Å². The summed E-state index contributed by atoms with van der Waals surface area (Å²) in [5, 5.41) is 0. The Labute approximate surface area is 127 Å². The van der Waals surface area contributed by atoms with Crippen LogP contribution in [-0.4, -0.2) is 15.2 Å². The number of thiazole rings is 1. The summed E-state index contributed by atoms with van der Waals surface area (Å²) in [4.78, 5) is 18.8. The molecule has 1 aliphatic rings. The van der Waals surface area contributed by atoms with Gasteiger partial charge in [0, 0.05) is 23.9 Å². The van der Waals surface area contributed by atoms with E-state index in [1.165, 1.54) is 11.3 Å². The molecule has 1 aromatic carbocycles. The first-order valence-corrected chi connectivity index (χ1v) is 7.95. The van der Waals surface area contributed by atoms with Gasteiger partial charge in [0.25, 0.3) is 0 Å². The third-order valence-corrected chi connectivity index (χ3v) is 5.17. The van der Waals surface area contributed by atoms with Crippen molar-refractivity contribution in [2.24, 2.45) is 5.41 Å². The van der Waals surface area contributed by atoms with Crippen molar-refractivity contribution in [1.29, 1.82) is 0 Å². The molecule has 1 aliphatic carbocycles. The van der Waals surface area contributed by atoms with Gasteiger partial charge in [-0.05, 0) is 11.8 Å². The minimum atomic E-state index is 0.0370. The maximum atomic E-state index is 12.3. The molecule has 0 bridgehead atoms. The summed E-state index contributed by atoms with van der Waals surface area (Å²) in [7, 11) is 0. The Morgan fingerprint density at radius 1 is 1.19 bits per heavy atom. The van der Waals surface area contributed by atoms with Crippen LogP contribution in [-0.2, 0) is 6.42 Å². The Balaban J connectivity index is 1.88. The van der Waals surface area contributed by atoms with Crippen LogP contribution in [0.25, 0.3) is 16.2 Å². The lowest BCUT2D eigenvalue weighted by Gasteiger charge is -2.27. The van der Waals surface area contributed by atoms with Crippen LogP contribution in [0.2, 0.25) is 0 Å². The molecule has 0 saturated heterocycles. The van der Waals surface area contributed by atoms with Crippen LogP contribution in [0.1, 0.15) is 35.6 Å². The average Bonchev–Trinajstić information content (AvgIpc) is 2.98. The zero-order chi connectivity index (χ0) is 14.6. The highest BCUT2D eigenvalue weighted by molar-refractivity contribution is 7.19. The van der Waals surface area contributed by atoms with Crippen molar-refractivity contribution >= 4 is 22.1 Å². The van der Waals surface area contributed by atoms with E-state index in [0.29, 0.717) is 6.42 Å². The normalized spacial score (nSPS) is 17.1. The van der Waals surface area contributed by atoms with Gasteiger partial charge in [0.2, 0.25) is 0 Å². The predicted molar refractivity (Wildman–Crippen MR) is 84.9 cm³/mol. The fraction of sp³-hybridized carbons (Fsp3) is 0.294. The van der Waals surface area contributed by atoms with Gasteiger partial charge in [0.1, 0.15) is 0 Å². The summed E-state index contributed by atoms with van der Waals surface area (Å²) in [6.45, 7) is 4.32. The van der Waals surface area contributed by atoms with Gasteiger partial charge >= 0.3 is 0 Å². The lowest BCUT2D eigenvalue weighted by atomic mass is 9.78. The zero-order valence-electron chi connectivity index (χ0n) is 12.1. The molecular formula is C17H16N2OS. The molecule has 4 heteroatoms. The summed E-state index contributed by atoms with van der Waals surface area (Å²) in [5.74, 6) is 0.262. The molecule has 0 N–H and O–H groups in total. The molecule has 4 rings (SSSR count). The molecule has 2 aromatic heterocycles. The molecule has 0 saturated carbocycles. The number of hydrogen-bond acceptors (Lipinski definition) is 3. The number of Topliss-reactive ketones (excluding diaryl/α,β-unsaturated/α-hetero) is 1. The molecule has 0 amide bonds. The van der Waals surface area contributed by atoms with Gasteiger partial charge in [0.05, 0.1) is 10.6 Å². The zero-order valence-corrected chi connectivity index (χ0v) is 12.9. The topological polar surface area (TPSA) is 34.4 Å². The smallest absolute Gasteiger partial charge is 0.195 e. The summed E-state index contributed by atoms with van der Waals surface area (Å²) in [5.41, 5.74) is 3.25. The van der Waals surface area contributed by atoms with Crippen LogP contribution in [0.15, 0.2) is 36.5 Å². The molecule has 0 radical (unpaired) electrons. The molecule has 3 nitrogen and oxygen atoms in total. The number of ketones is 1. The highest BCUT2D eigenvalue weighted by Gasteiger charge is 2.34. The van der Waals surface area contributed by atoms with Gasteiger partial charge in [-0.1, -0.05) is 55.5 Å². The van der Waals surface area contributed by atoms with Crippen molar-refractivity contribution < 1.29 is 4.79 Å². The van der Waals surface area contributed by atoms with E-state index in [0.717, 1.165) is 33.2 Å². The molecule has 3 aromatic rings. The lowest BCUT2D eigenvalue weighted by Crippen LogP contribution is -2.26. The maximum absolute atomic E-state index is 12.3. The van der Waals surface area contributed by atoms with E-state index in [-0.39, 0.29) is 11.2 Å². The van der Waals surface area contributed by atoms with Crippen molar-refractivity contribution in [3.8, 4) is 11.3 Å². The van der Waals surface area contributed by atoms with E-state index < -0.39 is 0 Å². The Bertz CT molecular complexity index is 842. The van der Waals surface area contributed by atoms with Crippen LogP contribution in [0, 0.1) is 5.41 Å². The van der Waals surface area contributed by atoms with Crippen LogP contribution < -0.4 is 0 Å². The third-order valence-electron chi connectivity index (χ3n) is 4.03. The molecule has 21 heavy (non-hydrogen) atoms. The van der Waals surface area contributed by atoms with Crippen molar-refractivity contribution in [1.82, 2.24) is 9.38 Å². The summed E-state index contributed by atoms with van der Waals surface area (Å²) < 4.78 is 2.11. The Hall–Kier alpha value is -1.94. The first-order valence-electron chi connectivity index (χ1n) is 7.13. The second-order valence-electron chi connectivity index (χ2n) is 6.46. The summed E-state index contributed by atoms with van der Waals surface area (Å²) in [6, 6.07) is 10.2. The first kappa shape index (κ1) is 12.8. The lowest BCUT2D eigenvalue weighted by molar-refractivity contribution is 0.0915. The number of hydrogen-bond donors (Lipinski definition) is 0. The molecule has 0 fully saturated rings. The van der Waals surface area contributed by atoms with Gasteiger partial charge in [-0.3, -0.25) is 9.20 Å². The molecule has 0 atom stereocenters. The van der Waals surface area contributed by atoms with E-state index >= 15 is 0 Å². The Morgan fingerprint density at radius 3 is 2.71 bits per heavy atom. The molecule has 2 heterocycles. The van der Waals surface area contributed by atoms with Crippen LogP contribution in [0.3, 0.4) is 0 Å². The number of fused-ring (bicyclic) bond motifs is 3. The monoisotopic (exact) mass is 296 g/mol. The van der Waals surface area contributed by atoms with E-state index in [4.69, 9.17) is 4.98 Å². The second-order valence-corrected chi connectivity index (χ2v) is 7.44. The van der Waals surface area contributed by atoms with Gasteiger partial charge < -0.3 is 0 Å². The number of carbonyl (C=O) groups excluding carboxylic acids is 1. The predicted octanol–water partition coefficient (Wildman–Crippen LogP) is 4.22. The standard InChI is InChI=1S/C17H16N2OS/c1-17(2)8-13-15(14(20)9-17)21-16-18-12(10-19(13)16)11-6-4-3-5-7-11/h3-7,10H,8-9H2,1-2H3. The number of carbonyl (C=O) groups is 1. The fourth-order valence-corrected chi connectivity index (χ4v) is 4.11. The van der Waals surface area contributed by atoms with Gasteiger partial charge in [-0.25, -0.2) is 4.98 Å². The van der Waals surface area contributed by atoms with E-state index in [9.17, 15) is 4.79 Å². The minimum absolute atomic E-state index is 0.0370. The second kappa shape index (κ2) is 4.28. The quantitative estimate of drug-likeness (QED) is 0.674. The fourth-order valence-electron chi connectivity index (χ4n) is 3.05. The third kappa shape index (κ3) is 2.02. The Morgan fingerprint density at radius 2 is 1.95 bits per heavy atom. The number of rotatable bonds is 1. The molecule has 0 spiro atoms. The minimum Gasteiger partial charge on any atom is -0.293 e. The van der Waals surface area contributed by atoms with Crippen LogP contribution >= 0.6 is 11.3 Å². The van der Waals surface area contributed by atoms with Crippen molar-refractivity contribution in [2.75, 3.05) is 0 Å². The number of benzene rings is 1. The van der Waals surface area contributed by atoms with Crippen molar-refractivity contribution in [2.45, 2.75) is 26.7 Å². The van der Waals surface area contributed by atoms with Gasteiger partial charge in [-0.15, -0.1) is 0 Å². The summed E-state index contributed by atoms with van der Waals surface area (Å²) in [6.07, 6.45) is 3.63. The molecule has 0 aliphatic heterocycles.